The maximum absolute atomic E-state index is 12.1. The van der Waals surface area contributed by atoms with Gasteiger partial charge >= 0.3 is 0 Å². The van der Waals surface area contributed by atoms with E-state index in [4.69, 9.17) is 112 Å². The van der Waals surface area contributed by atoms with Gasteiger partial charge in [-0.25, -0.2) is 9.97 Å². The molecule has 480 valence electrons. The SMILES string of the molecule is CC(C)(C)C1=CC(=O)C(=O)C(c2c(Cl)cccc2Cl)=C1.CC(C)(C)C1=CC(c2c(Cl)cccc2Cl)=CC(=O)C1=O.CC(C)(C)c1cc(-c2c(Cl)cccc2Cl)c2oc(-c3ccccc3)nc2c1.CC(C)(C)c1cc(-c2c(Cl)cccc2Cl)cc2nc(-c3ccccc3)oc12. The quantitative estimate of drug-likeness (QED) is 0.119. The molecule has 16 heteroatoms. The predicted octanol–water partition coefficient (Wildman–Crippen LogP) is 24.5. The molecule has 0 radical (unpaired) electrons. The van der Waals surface area contributed by atoms with Gasteiger partial charge in [0, 0.05) is 75.7 Å². The third-order valence-electron chi connectivity index (χ3n) is 15.4. The molecule has 0 saturated heterocycles. The molecule has 0 fully saturated rings. The first-order valence-electron chi connectivity index (χ1n) is 30.0. The average Bonchev–Trinajstić information content (AvgIpc) is 1.38. The number of carbonyl (C=O) groups excluding carboxylic acids is 4. The Kier molecular flexibility index (Phi) is 21.5. The van der Waals surface area contributed by atoms with E-state index in [2.05, 4.69) is 59.7 Å². The van der Waals surface area contributed by atoms with Gasteiger partial charge in [0.25, 0.3) is 0 Å². The van der Waals surface area contributed by atoms with Crippen LogP contribution in [0.3, 0.4) is 0 Å². The number of halogens is 8. The van der Waals surface area contributed by atoms with E-state index in [1.54, 1.807) is 48.6 Å². The molecule has 0 amide bonds. The number of allylic oxidation sites excluding steroid dienone is 8. The van der Waals surface area contributed by atoms with Gasteiger partial charge in [-0.15, -0.1) is 0 Å². The smallest absolute Gasteiger partial charge is 0.233 e. The Morgan fingerprint density at radius 3 is 1.22 bits per heavy atom. The highest BCUT2D eigenvalue weighted by molar-refractivity contribution is 6.59. The number of aromatic nitrogens is 2. The minimum absolute atomic E-state index is 0.0530. The Labute approximate surface area is 588 Å². The van der Waals surface area contributed by atoms with Crippen molar-refractivity contribution in [3.8, 4) is 45.2 Å². The Hall–Kier alpha value is -7.34. The summed E-state index contributed by atoms with van der Waals surface area (Å²) in [4.78, 5) is 57.4. The van der Waals surface area contributed by atoms with Crippen LogP contribution in [0.1, 0.15) is 105 Å². The molecule has 10 aromatic rings. The van der Waals surface area contributed by atoms with Crippen LogP contribution in [-0.4, -0.2) is 33.1 Å². The van der Waals surface area contributed by atoms with Crippen LogP contribution >= 0.6 is 92.8 Å². The molecule has 12 rings (SSSR count). The minimum atomic E-state index is -0.576. The number of fused-ring (bicyclic) bond motifs is 2. The summed E-state index contributed by atoms with van der Waals surface area (Å²) in [6.07, 6.45) is 6.09. The molecule has 2 aliphatic rings. The maximum atomic E-state index is 12.1. The van der Waals surface area contributed by atoms with Crippen LogP contribution < -0.4 is 0 Å². The van der Waals surface area contributed by atoms with Crippen LogP contribution in [0.5, 0.6) is 0 Å². The van der Waals surface area contributed by atoms with E-state index >= 15 is 0 Å². The second-order valence-electron chi connectivity index (χ2n) is 26.6. The van der Waals surface area contributed by atoms with Gasteiger partial charge in [0.15, 0.2) is 11.2 Å². The zero-order chi connectivity index (χ0) is 68.5. The van der Waals surface area contributed by atoms with Crippen molar-refractivity contribution < 1.29 is 28.0 Å². The Bertz CT molecular complexity index is 4670. The van der Waals surface area contributed by atoms with Gasteiger partial charge in [-0.1, -0.05) is 237 Å². The summed E-state index contributed by atoms with van der Waals surface area (Å²) in [5.41, 5.74) is 12.8. The minimum Gasteiger partial charge on any atom is -0.436 e. The molecule has 0 unspecified atom stereocenters. The highest BCUT2D eigenvalue weighted by Gasteiger charge is 2.33. The normalized spacial score (nSPS) is 13.7. The molecule has 2 aliphatic carbocycles. The molecule has 0 N–H and O–H groups in total. The van der Waals surface area contributed by atoms with Crippen molar-refractivity contribution in [1.29, 1.82) is 0 Å². The van der Waals surface area contributed by atoms with E-state index in [1.807, 2.05) is 145 Å². The summed E-state index contributed by atoms with van der Waals surface area (Å²) in [5, 5.41) is 4.05. The lowest BCUT2D eigenvalue weighted by Gasteiger charge is -2.24. The van der Waals surface area contributed by atoms with E-state index < -0.39 is 28.5 Å². The summed E-state index contributed by atoms with van der Waals surface area (Å²) in [6.45, 7) is 24.6. The molecule has 0 aliphatic heterocycles. The van der Waals surface area contributed by atoms with Crippen LogP contribution in [0.25, 0.3) is 78.5 Å². The van der Waals surface area contributed by atoms with Gasteiger partial charge in [-0.2, -0.15) is 0 Å². The number of ketones is 4. The summed E-state index contributed by atoms with van der Waals surface area (Å²) in [7, 11) is 0. The van der Waals surface area contributed by atoms with Gasteiger partial charge < -0.3 is 8.83 Å². The number of hydrogen-bond acceptors (Lipinski definition) is 8. The monoisotopic (exact) mass is 1410 g/mol. The summed E-state index contributed by atoms with van der Waals surface area (Å²) >= 11 is 50.5. The molecule has 0 spiro atoms. The molecule has 2 aromatic heterocycles. The van der Waals surface area contributed by atoms with Crippen molar-refractivity contribution in [2.45, 2.75) is 93.9 Å². The van der Waals surface area contributed by atoms with Crippen molar-refractivity contribution in [3.05, 3.63) is 256 Å². The largest absolute Gasteiger partial charge is 0.436 e. The second kappa shape index (κ2) is 28.5. The molecule has 8 aromatic carbocycles. The van der Waals surface area contributed by atoms with E-state index in [0.717, 1.165) is 66.7 Å². The summed E-state index contributed by atoms with van der Waals surface area (Å²) in [5.74, 6) is -0.927. The van der Waals surface area contributed by atoms with Gasteiger partial charge in [0.05, 0.1) is 20.1 Å². The number of nitrogens with zero attached hydrogens (tertiary/aromatic N) is 2. The van der Waals surface area contributed by atoms with Gasteiger partial charge in [-0.3, -0.25) is 19.2 Å². The highest BCUT2D eigenvalue weighted by atomic mass is 35.5. The van der Waals surface area contributed by atoms with Crippen LogP contribution in [0.4, 0.5) is 0 Å². The number of rotatable bonds is 6. The topological polar surface area (TPSA) is 120 Å². The van der Waals surface area contributed by atoms with Crippen molar-refractivity contribution >= 4 is 149 Å². The predicted molar refractivity (Wildman–Crippen MR) is 391 cm³/mol. The van der Waals surface area contributed by atoms with Gasteiger partial charge in [-0.05, 0) is 165 Å². The van der Waals surface area contributed by atoms with Crippen molar-refractivity contribution in [2.24, 2.45) is 10.8 Å². The number of carbonyl (C=O) groups is 4. The van der Waals surface area contributed by atoms with E-state index in [-0.39, 0.29) is 21.8 Å². The molecule has 0 atom stereocenters. The molecule has 0 saturated carbocycles. The number of benzene rings is 8. The Balaban J connectivity index is 0.000000149. The number of Topliss-reactive ketones (excluding diaryl/α,β-unsaturated/α-hetero) is 2. The molecular weight excluding hydrogens is 1340 g/mol. The fourth-order valence-corrected chi connectivity index (χ4v) is 12.8. The molecule has 94 heavy (non-hydrogen) atoms. The number of hydrogen-bond donors (Lipinski definition) is 0. The van der Waals surface area contributed by atoms with Crippen LogP contribution in [0.15, 0.2) is 202 Å². The lowest BCUT2D eigenvalue weighted by Crippen LogP contribution is -2.26. The van der Waals surface area contributed by atoms with E-state index in [0.29, 0.717) is 79.8 Å². The van der Waals surface area contributed by atoms with Gasteiger partial charge in [0.2, 0.25) is 34.9 Å². The van der Waals surface area contributed by atoms with Crippen LogP contribution in [0, 0.1) is 10.8 Å². The van der Waals surface area contributed by atoms with E-state index in [1.165, 1.54) is 12.2 Å². The average molecular weight is 1410 g/mol. The van der Waals surface area contributed by atoms with Crippen molar-refractivity contribution in [1.82, 2.24) is 9.97 Å². The third kappa shape index (κ3) is 16.0. The molecule has 8 nitrogen and oxygen atoms in total. The van der Waals surface area contributed by atoms with Crippen molar-refractivity contribution in [3.63, 3.8) is 0 Å². The Morgan fingerprint density at radius 1 is 0.351 bits per heavy atom. The fourth-order valence-electron chi connectivity index (χ4n) is 10.4. The lowest BCUT2D eigenvalue weighted by molar-refractivity contribution is -0.132. The zero-order valence-corrected chi connectivity index (χ0v) is 59.7. The van der Waals surface area contributed by atoms with Gasteiger partial charge in [0.1, 0.15) is 11.0 Å². The summed E-state index contributed by atoms with van der Waals surface area (Å²) < 4.78 is 12.4. The molecular formula is C78H66Cl8N2O6. The Morgan fingerprint density at radius 2 is 0.777 bits per heavy atom. The third-order valence-corrected chi connectivity index (χ3v) is 18.0. The highest BCUT2D eigenvalue weighted by Crippen LogP contribution is 2.45. The first kappa shape index (κ1) is 71.0. The van der Waals surface area contributed by atoms with Crippen LogP contribution in [0.2, 0.25) is 40.2 Å². The standard InChI is InChI=1S/2C23H19Cl2NO.2C16H14Cl2O2/c1-23(2,3)15-12-16(20-17(24)10-7-11-18(20)25)21-19(13-15)26-22(27-21)14-8-5-4-6-9-14;1-23(2,3)16-12-15(20-17(24)10-7-11-18(20)25)13-19-21(16)27-22(26-19)14-8-5-4-6-9-14;1-16(2,3)9-7-10(15(20)13(19)8-9)14-11(17)5-4-6-12(14)18;1-16(2,3)10-7-9(8-13(19)15(10)20)14-11(17)5-4-6-12(14)18/h2*4-13H,1-3H3;2*4-8H,1-3H3. The first-order valence-corrected chi connectivity index (χ1v) is 33.0. The fraction of sp³-hybridized carbons (Fsp3) is 0.205. The van der Waals surface area contributed by atoms with E-state index in [9.17, 15) is 19.2 Å². The molecule has 2 heterocycles. The zero-order valence-electron chi connectivity index (χ0n) is 53.7. The summed E-state index contributed by atoms with van der Waals surface area (Å²) in [6, 6.07) is 49.3. The molecule has 0 bridgehead atoms. The van der Waals surface area contributed by atoms with Crippen molar-refractivity contribution in [2.75, 3.05) is 0 Å². The first-order chi connectivity index (χ1) is 44.1. The number of oxazole rings is 2. The second-order valence-corrected chi connectivity index (χ2v) is 29.9. The van der Waals surface area contributed by atoms with Crippen LogP contribution in [-0.2, 0) is 30.0 Å². The lowest BCUT2D eigenvalue weighted by atomic mass is 9.78. The maximum Gasteiger partial charge on any atom is 0.233 e.